The van der Waals surface area contributed by atoms with Crippen LogP contribution in [0.2, 0.25) is 0 Å². The highest BCUT2D eigenvalue weighted by atomic mass is 32.3. The second-order valence-corrected chi connectivity index (χ2v) is 16.4. The molecule has 0 aromatic rings. The number of rotatable bonds is 39. The summed E-state index contributed by atoms with van der Waals surface area (Å²) in [6.45, 7) is 12.9. The van der Waals surface area contributed by atoms with Crippen molar-refractivity contribution >= 4 is 21.7 Å². The highest BCUT2D eigenvalue weighted by Gasteiger charge is 2.16. The Hall–Kier alpha value is 0.0200. The van der Waals surface area contributed by atoms with Gasteiger partial charge in [0.15, 0.2) is 0 Å². The van der Waals surface area contributed by atoms with Crippen LogP contribution in [0.3, 0.4) is 0 Å². The zero-order valence-electron chi connectivity index (χ0n) is 31.5. The zero-order valence-corrected chi connectivity index (χ0v) is 33.1. The molecule has 4 unspecified atom stereocenters. The van der Waals surface area contributed by atoms with E-state index in [2.05, 4.69) is 44.2 Å². The summed E-state index contributed by atoms with van der Waals surface area (Å²) in [5, 5.41) is 44.1. The predicted octanol–water partition coefficient (Wildman–Crippen LogP) is 1.31. The molecule has 0 heterocycles. The van der Waals surface area contributed by atoms with Gasteiger partial charge in [0.25, 0.3) is 0 Å². The molecule has 312 valence electrons. The first-order chi connectivity index (χ1) is 24.3. The maximum absolute atomic E-state index is 10.7. The molecule has 12 N–H and O–H groups in total. The van der Waals surface area contributed by atoms with Gasteiger partial charge in [-0.05, 0) is 25.2 Å². The van der Waals surface area contributed by atoms with Crippen molar-refractivity contribution in [2.24, 2.45) is 5.92 Å². The van der Waals surface area contributed by atoms with E-state index in [1.54, 1.807) is 0 Å². The average Bonchev–Trinajstić information content (AvgIpc) is 3.07. The Morgan fingerprint density at radius 2 is 1.12 bits per heavy atom. The molecule has 4 atom stereocenters. The number of nitrogens with one attached hydrogen (secondary N) is 4. The minimum atomic E-state index is -3.52. The van der Waals surface area contributed by atoms with E-state index in [0.717, 1.165) is 52.0 Å². The van der Waals surface area contributed by atoms with Crippen molar-refractivity contribution in [1.82, 2.24) is 26.2 Å². The monoisotopic (exact) mass is 785 g/mol. The molecule has 51 heavy (non-hydrogen) atoms. The average molecular weight is 786 g/mol. The molecule has 0 aliphatic carbocycles. The van der Waals surface area contributed by atoms with E-state index in [4.69, 9.17) is 27.9 Å². The topological polar surface area (TPSA) is 250 Å². The first kappa shape index (κ1) is 51.0. The third-order valence-electron chi connectivity index (χ3n) is 7.90. The van der Waals surface area contributed by atoms with Crippen molar-refractivity contribution in [1.29, 1.82) is 0 Å². The highest BCUT2D eigenvalue weighted by molar-refractivity contribution is 8.20. The molecule has 0 saturated heterocycles. The molecule has 0 spiro atoms. The largest absolute Gasteiger partial charge is 0.389 e. The van der Waals surface area contributed by atoms with Crippen molar-refractivity contribution in [2.75, 3.05) is 130 Å². The number of hydrogen-bond acceptors (Lipinski definition) is 17. The third-order valence-corrected chi connectivity index (χ3v) is 10.1. The van der Waals surface area contributed by atoms with Gasteiger partial charge < -0.3 is 73.6 Å². The number of aliphatic hydroxyl groups is 3. The second-order valence-electron chi connectivity index (χ2n) is 12.8. The molecular formula is C32H75N5O12S2. The lowest BCUT2D eigenvalue weighted by Gasteiger charge is -2.26. The molecule has 0 saturated carbocycles. The summed E-state index contributed by atoms with van der Waals surface area (Å²) in [5.41, 5.74) is 0. The van der Waals surface area contributed by atoms with Gasteiger partial charge in [0, 0.05) is 103 Å². The fourth-order valence-electron chi connectivity index (χ4n) is 4.87. The summed E-state index contributed by atoms with van der Waals surface area (Å²) < 4.78 is 67.0. The lowest BCUT2D eigenvalue weighted by molar-refractivity contribution is 0.00292. The van der Waals surface area contributed by atoms with E-state index in [9.17, 15) is 24.4 Å². The van der Waals surface area contributed by atoms with Crippen LogP contribution in [0, 0.1) is 5.92 Å². The van der Waals surface area contributed by atoms with E-state index in [0.29, 0.717) is 64.8 Å². The van der Waals surface area contributed by atoms with Gasteiger partial charge in [-0.25, -0.2) is 0 Å². The molecule has 0 aromatic carbocycles. The van der Waals surface area contributed by atoms with Gasteiger partial charge in [-0.2, -0.15) is 0 Å². The number of unbranched alkanes of at least 4 members (excludes halogenated alkanes) is 1. The summed E-state index contributed by atoms with van der Waals surface area (Å²) in [5.74, 6) is 0.461. The van der Waals surface area contributed by atoms with E-state index in [1.807, 2.05) is 0 Å². The van der Waals surface area contributed by atoms with Gasteiger partial charge in [-0.1, -0.05) is 33.1 Å². The lowest BCUT2D eigenvalue weighted by atomic mass is 10.0. The van der Waals surface area contributed by atoms with Gasteiger partial charge in [0.05, 0.1) is 67.0 Å². The molecule has 0 bridgehead atoms. The number of nitrogens with zero attached hydrogens (tertiary/aromatic N) is 1. The Bertz CT molecular complexity index is 768. The highest BCUT2D eigenvalue weighted by Crippen LogP contribution is 2.38. The van der Waals surface area contributed by atoms with Crippen molar-refractivity contribution in [2.45, 2.75) is 70.7 Å². The Kier molecular flexibility index (Phi) is 33.4. The van der Waals surface area contributed by atoms with Crippen LogP contribution in [-0.4, -0.2) is 192 Å². The quantitative estimate of drug-likeness (QED) is 0.0393. The molecule has 0 radical (unpaired) electrons. The first-order valence-electron chi connectivity index (χ1n) is 18.4. The van der Waals surface area contributed by atoms with Crippen molar-refractivity contribution < 1.29 is 56.5 Å². The molecule has 0 fully saturated rings. The summed E-state index contributed by atoms with van der Waals surface area (Å²) in [6, 6.07) is 0. The molecule has 0 amide bonds. The van der Waals surface area contributed by atoms with Crippen LogP contribution < -0.4 is 21.3 Å². The van der Waals surface area contributed by atoms with Crippen molar-refractivity contribution in [3.8, 4) is 0 Å². The van der Waals surface area contributed by atoms with E-state index in [1.165, 1.54) is 13.5 Å². The Morgan fingerprint density at radius 3 is 1.67 bits per heavy atom. The normalized spacial score (nSPS) is 15.7. The molecule has 17 nitrogen and oxygen atoms in total. The van der Waals surface area contributed by atoms with Crippen LogP contribution in [0.4, 0.5) is 0 Å². The number of ether oxygens (including phenoxy) is 3. The Labute approximate surface area is 310 Å². The Balaban J connectivity index is 4.28. The van der Waals surface area contributed by atoms with E-state index in [-0.39, 0.29) is 44.4 Å². The Morgan fingerprint density at radius 1 is 0.608 bits per heavy atom. The van der Waals surface area contributed by atoms with Crippen LogP contribution in [-0.2, 0) is 18.4 Å². The third kappa shape index (κ3) is 35.5. The zero-order chi connectivity index (χ0) is 38.2. The number of aliphatic hydroxyl groups excluding tert-OH is 3. The van der Waals surface area contributed by atoms with Crippen LogP contribution in [0.5, 0.6) is 0 Å². The minimum absolute atomic E-state index is 0.0931. The van der Waals surface area contributed by atoms with Crippen molar-refractivity contribution in [3.63, 3.8) is 0 Å². The molecule has 0 aromatic heterocycles. The minimum Gasteiger partial charge on any atom is -0.389 e. The first-order valence-corrected chi connectivity index (χ1v) is 21.8. The van der Waals surface area contributed by atoms with Gasteiger partial charge in [-0.3, -0.25) is 9.08 Å². The molecule has 19 heteroatoms. The smallest absolute Gasteiger partial charge is 0.0900 e. The lowest BCUT2D eigenvalue weighted by Crippen LogP contribution is -2.44. The van der Waals surface area contributed by atoms with Crippen LogP contribution >= 0.6 is 21.7 Å². The summed E-state index contributed by atoms with van der Waals surface area (Å²) in [6.07, 6.45) is 3.25. The SMILES string of the molecule is CCCCC(CC)COCC(O)CN(CCNCCNCCNCC(O)COCCCS(O)(O)OC)CCNCC(O)COCCCS(O)(O)O. The van der Waals surface area contributed by atoms with Crippen LogP contribution in [0.15, 0.2) is 0 Å². The molecular weight excluding hydrogens is 711 g/mol. The van der Waals surface area contributed by atoms with Gasteiger partial charge in [0.1, 0.15) is 0 Å². The maximum Gasteiger partial charge on any atom is 0.0900 e. The van der Waals surface area contributed by atoms with Crippen LogP contribution in [0.25, 0.3) is 0 Å². The van der Waals surface area contributed by atoms with E-state index < -0.39 is 40.1 Å². The van der Waals surface area contributed by atoms with Gasteiger partial charge in [-0.15, -0.1) is 0 Å². The fraction of sp³-hybridized carbons (Fsp3) is 1.00. The summed E-state index contributed by atoms with van der Waals surface area (Å²) in [7, 11) is -5.25. The summed E-state index contributed by atoms with van der Waals surface area (Å²) in [4.78, 5) is 2.16. The van der Waals surface area contributed by atoms with Crippen molar-refractivity contribution in [3.05, 3.63) is 0 Å². The fourth-order valence-corrected chi connectivity index (χ4v) is 6.04. The standard InChI is InChI=1S/C32H75N5O12S2/c1-4-6-9-29(5-2)25-49-28-32(40)24-37(17-15-36-23-31(39)27-47-18-7-20-50(41,42)43)16-14-34-11-10-33-12-13-35-22-30(38)26-48-19-8-21-51(44,45)46-3/h29-36,38-45H,4-28H2,1-3H3. The predicted molar refractivity (Wildman–Crippen MR) is 206 cm³/mol. The second kappa shape index (κ2) is 33.4. The van der Waals surface area contributed by atoms with E-state index >= 15 is 0 Å². The summed E-state index contributed by atoms with van der Waals surface area (Å²) >= 11 is 0. The molecule has 0 aliphatic rings. The van der Waals surface area contributed by atoms with Gasteiger partial charge >= 0.3 is 0 Å². The number of hydrogen-bond donors (Lipinski definition) is 12. The molecule has 0 aliphatic heterocycles. The van der Waals surface area contributed by atoms with Gasteiger partial charge in [0.2, 0.25) is 0 Å². The van der Waals surface area contributed by atoms with Crippen LogP contribution in [0.1, 0.15) is 52.4 Å². The molecule has 0 rings (SSSR count). The maximum atomic E-state index is 10.7.